The van der Waals surface area contributed by atoms with Crippen LogP contribution in [0.3, 0.4) is 0 Å². The summed E-state index contributed by atoms with van der Waals surface area (Å²) in [6, 6.07) is 0. The van der Waals surface area contributed by atoms with Crippen LogP contribution >= 0.6 is 0 Å². The van der Waals surface area contributed by atoms with Crippen LogP contribution in [-0.4, -0.2) is 62.9 Å². The highest BCUT2D eigenvalue weighted by Crippen LogP contribution is 2.35. The van der Waals surface area contributed by atoms with Crippen molar-refractivity contribution >= 4 is 29.8 Å². The zero-order valence-corrected chi connectivity index (χ0v) is 19.6. The number of rotatable bonds is 10. The minimum Gasteiger partial charge on any atom is -0.463 e. The molecule has 0 spiro atoms. The summed E-state index contributed by atoms with van der Waals surface area (Å²) in [7, 11) is 0. The van der Waals surface area contributed by atoms with Crippen LogP contribution in [0.4, 0.5) is 0 Å². The fourth-order valence-corrected chi connectivity index (χ4v) is 3.11. The van der Waals surface area contributed by atoms with Crippen LogP contribution in [0.15, 0.2) is 33.9 Å². The summed E-state index contributed by atoms with van der Waals surface area (Å²) >= 11 is 0. The molecule has 33 heavy (non-hydrogen) atoms. The van der Waals surface area contributed by atoms with Gasteiger partial charge >= 0.3 is 29.8 Å². The molecule has 0 unspecified atom stereocenters. The minimum atomic E-state index is -1.05. The van der Waals surface area contributed by atoms with Gasteiger partial charge in [-0.15, -0.1) is 0 Å². The Bertz CT molecular complexity index is 876. The summed E-state index contributed by atoms with van der Waals surface area (Å²) in [5, 5.41) is 0. The first-order valence-corrected chi connectivity index (χ1v) is 10.8. The average Bonchev–Trinajstić information content (AvgIpc) is 2.92. The van der Waals surface area contributed by atoms with Crippen LogP contribution in [0.2, 0.25) is 0 Å². The lowest BCUT2D eigenvalue weighted by atomic mass is 9.94. The summed E-state index contributed by atoms with van der Waals surface area (Å²) in [4.78, 5) is 63.9. The molecule has 0 aliphatic heterocycles. The number of hydrogen-bond donors (Lipinski definition) is 0. The Balaban J connectivity index is 4.06. The Kier molecular flexibility index (Phi) is 11.6. The van der Waals surface area contributed by atoms with E-state index in [-0.39, 0.29) is 62.6 Å². The van der Waals surface area contributed by atoms with Gasteiger partial charge in [0.1, 0.15) is 0 Å². The number of carbonyl (C=O) groups is 5. The second-order valence-corrected chi connectivity index (χ2v) is 6.41. The van der Waals surface area contributed by atoms with E-state index in [0.717, 1.165) is 6.08 Å². The highest BCUT2D eigenvalue weighted by Gasteiger charge is 2.39. The van der Waals surface area contributed by atoms with Gasteiger partial charge in [0, 0.05) is 6.08 Å². The number of hydrogen-bond acceptors (Lipinski definition) is 10. The quantitative estimate of drug-likeness (QED) is 0.268. The van der Waals surface area contributed by atoms with E-state index in [1.807, 2.05) is 0 Å². The molecule has 1 rings (SSSR count). The molecule has 10 nitrogen and oxygen atoms in total. The molecule has 0 saturated heterocycles. The second kappa shape index (κ2) is 13.9. The topological polar surface area (TPSA) is 132 Å². The van der Waals surface area contributed by atoms with Crippen molar-refractivity contribution < 1.29 is 47.7 Å². The summed E-state index contributed by atoms with van der Waals surface area (Å²) < 4.78 is 25.3. The summed E-state index contributed by atoms with van der Waals surface area (Å²) in [6.45, 7) is 7.72. The van der Waals surface area contributed by atoms with E-state index in [1.54, 1.807) is 27.7 Å². The third-order valence-electron chi connectivity index (χ3n) is 4.31. The minimum absolute atomic E-state index is 0.00709. The van der Waals surface area contributed by atoms with Gasteiger partial charge in [0.15, 0.2) is 0 Å². The lowest BCUT2D eigenvalue weighted by Gasteiger charge is -2.16. The van der Waals surface area contributed by atoms with Crippen molar-refractivity contribution in [1.29, 1.82) is 0 Å². The zero-order valence-electron chi connectivity index (χ0n) is 19.6. The van der Waals surface area contributed by atoms with E-state index in [9.17, 15) is 24.0 Å². The fourth-order valence-electron chi connectivity index (χ4n) is 3.11. The van der Waals surface area contributed by atoms with Crippen molar-refractivity contribution in [1.82, 2.24) is 0 Å². The zero-order chi connectivity index (χ0) is 25.0. The van der Waals surface area contributed by atoms with Gasteiger partial charge in [0.2, 0.25) is 0 Å². The van der Waals surface area contributed by atoms with Gasteiger partial charge in [0.25, 0.3) is 0 Å². The number of carbonyl (C=O) groups excluding carboxylic acids is 5. The summed E-state index contributed by atoms with van der Waals surface area (Å²) in [5.41, 5.74) is -1.47. The molecule has 0 heterocycles. The van der Waals surface area contributed by atoms with Crippen LogP contribution in [-0.2, 0) is 47.7 Å². The van der Waals surface area contributed by atoms with Gasteiger partial charge < -0.3 is 23.7 Å². The Morgan fingerprint density at radius 3 is 1.48 bits per heavy atom. The SMILES string of the molecule is CCOC(=O)/C=C1\CCC(C(=O)OCC)=C(C(=O)OCC)C(C(=O)OCC)=C1C(=O)OCC. The molecule has 0 aromatic carbocycles. The molecule has 0 radical (unpaired) electrons. The molecule has 0 aromatic heterocycles. The predicted octanol–water partition coefficient (Wildman–Crippen LogP) is 2.12. The smallest absolute Gasteiger partial charge is 0.339 e. The van der Waals surface area contributed by atoms with Crippen LogP contribution < -0.4 is 0 Å². The lowest BCUT2D eigenvalue weighted by Crippen LogP contribution is -2.25. The molecular formula is C23H30O10. The highest BCUT2D eigenvalue weighted by molar-refractivity contribution is 6.17. The van der Waals surface area contributed by atoms with E-state index in [1.165, 1.54) is 6.92 Å². The van der Waals surface area contributed by atoms with Gasteiger partial charge in [-0.2, -0.15) is 0 Å². The molecule has 0 aromatic rings. The van der Waals surface area contributed by atoms with Crippen molar-refractivity contribution in [2.75, 3.05) is 33.0 Å². The van der Waals surface area contributed by atoms with Crippen molar-refractivity contribution in [3.05, 3.63) is 33.9 Å². The molecule has 0 amide bonds. The third kappa shape index (κ3) is 7.30. The van der Waals surface area contributed by atoms with Crippen molar-refractivity contribution in [2.24, 2.45) is 0 Å². The average molecular weight is 466 g/mol. The summed E-state index contributed by atoms with van der Waals surface area (Å²) in [6.07, 6.45) is 0.850. The Hall–Kier alpha value is -3.43. The van der Waals surface area contributed by atoms with Gasteiger partial charge in [-0.05, 0) is 53.0 Å². The van der Waals surface area contributed by atoms with E-state index < -0.39 is 41.0 Å². The monoisotopic (exact) mass is 466 g/mol. The molecule has 1 aliphatic rings. The maximum absolute atomic E-state index is 13.0. The molecule has 0 N–H and O–H groups in total. The van der Waals surface area contributed by atoms with Gasteiger partial charge in [-0.25, -0.2) is 24.0 Å². The Morgan fingerprint density at radius 2 is 1.00 bits per heavy atom. The summed E-state index contributed by atoms with van der Waals surface area (Å²) in [5.74, 6) is -4.66. The largest absolute Gasteiger partial charge is 0.463 e. The normalized spacial score (nSPS) is 15.0. The first-order chi connectivity index (χ1) is 15.8. The third-order valence-corrected chi connectivity index (χ3v) is 4.31. The van der Waals surface area contributed by atoms with Gasteiger partial charge in [-0.3, -0.25) is 0 Å². The standard InChI is InChI=1S/C23H30O10/c1-6-29-16(24)13-14-11-12-15(20(25)30-7-2)18(22(27)32-9-4)19(23(28)33-10-5)17(14)21(26)31-8-3/h13H,6-12H2,1-5H3/b14-13+. The first kappa shape index (κ1) is 27.6. The van der Waals surface area contributed by atoms with E-state index in [2.05, 4.69) is 0 Å². The molecule has 1 aliphatic carbocycles. The second-order valence-electron chi connectivity index (χ2n) is 6.41. The molecule has 0 fully saturated rings. The number of esters is 5. The van der Waals surface area contributed by atoms with Crippen LogP contribution in [0.1, 0.15) is 47.5 Å². The predicted molar refractivity (Wildman–Crippen MR) is 115 cm³/mol. The Morgan fingerprint density at radius 1 is 0.576 bits per heavy atom. The van der Waals surface area contributed by atoms with E-state index >= 15 is 0 Å². The first-order valence-electron chi connectivity index (χ1n) is 10.8. The Labute approximate surface area is 192 Å². The van der Waals surface area contributed by atoms with Crippen molar-refractivity contribution in [2.45, 2.75) is 47.5 Å². The van der Waals surface area contributed by atoms with Crippen molar-refractivity contribution in [3.63, 3.8) is 0 Å². The van der Waals surface area contributed by atoms with Crippen LogP contribution in [0.25, 0.3) is 0 Å². The molecule has 0 atom stereocenters. The fraction of sp³-hybridized carbons (Fsp3) is 0.522. The molecule has 0 saturated carbocycles. The van der Waals surface area contributed by atoms with Crippen molar-refractivity contribution in [3.8, 4) is 0 Å². The highest BCUT2D eigenvalue weighted by atomic mass is 16.6. The molecule has 0 bridgehead atoms. The maximum atomic E-state index is 13.0. The molecule has 10 heteroatoms. The van der Waals surface area contributed by atoms with E-state index in [0.29, 0.717) is 0 Å². The van der Waals surface area contributed by atoms with Crippen LogP contribution in [0, 0.1) is 0 Å². The maximum Gasteiger partial charge on any atom is 0.339 e. The number of ether oxygens (including phenoxy) is 5. The molecular weight excluding hydrogens is 436 g/mol. The lowest BCUT2D eigenvalue weighted by molar-refractivity contribution is -0.144. The van der Waals surface area contributed by atoms with Gasteiger partial charge in [0.05, 0.1) is 55.3 Å². The van der Waals surface area contributed by atoms with Gasteiger partial charge in [-0.1, -0.05) is 0 Å². The molecule has 182 valence electrons. The van der Waals surface area contributed by atoms with Crippen LogP contribution in [0.5, 0.6) is 0 Å². The van der Waals surface area contributed by atoms with E-state index in [4.69, 9.17) is 23.7 Å².